The molecule has 5 nitrogen and oxygen atoms in total. The summed E-state index contributed by atoms with van der Waals surface area (Å²) in [6.07, 6.45) is 0. The van der Waals surface area contributed by atoms with Crippen LogP contribution in [0.15, 0.2) is 47.5 Å². The highest BCUT2D eigenvalue weighted by Gasteiger charge is 2.10. The second kappa shape index (κ2) is 11.7. The van der Waals surface area contributed by atoms with Gasteiger partial charge in [-0.3, -0.25) is 4.99 Å². The number of guanidine groups is 1. The highest BCUT2D eigenvalue weighted by Crippen LogP contribution is 2.20. The van der Waals surface area contributed by atoms with Gasteiger partial charge in [-0.1, -0.05) is 41.4 Å². The van der Waals surface area contributed by atoms with E-state index in [9.17, 15) is 0 Å². The van der Waals surface area contributed by atoms with Crippen LogP contribution < -0.4 is 15.5 Å². The molecule has 152 valence electrons. The van der Waals surface area contributed by atoms with Crippen molar-refractivity contribution in [2.75, 3.05) is 38.3 Å². The molecule has 1 aliphatic rings. The lowest BCUT2D eigenvalue weighted by atomic mass is 10.2. The first kappa shape index (κ1) is 23.1. The number of hydrogen-bond donors (Lipinski definition) is 2. The van der Waals surface area contributed by atoms with Crippen molar-refractivity contribution < 1.29 is 4.74 Å². The standard InChI is InChI=1S/C20H24Cl2N4O.HI/c1-23-20(25-14-16-4-5-17(21)12-19(16)22)24-13-15-2-6-18(7-3-15)26-8-10-27-11-9-26;/h2-7,12H,8-11,13-14H2,1H3,(H2,23,24,25);1H. The minimum atomic E-state index is 0. The molecule has 2 aromatic rings. The number of rotatable bonds is 5. The summed E-state index contributed by atoms with van der Waals surface area (Å²) in [4.78, 5) is 6.60. The molecule has 0 amide bonds. The molecule has 0 saturated carbocycles. The molecule has 1 saturated heterocycles. The third-order valence-electron chi connectivity index (χ3n) is 4.46. The number of ether oxygens (including phenoxy) is 1. The van der Waals surface area contributed by atoms with Crippen molar-refractivity contribution in [1.82, 2.24) is 10.6 Å². The van der Waals surface area contributed by atoms with Crippen LogP contribution in [0.1, 0.15) is 11.1 Å². The normalized spacial score (nSPS) is 14.4. The zero-order valence-corrected chi connectivity index (χ0v) is 19.6. The molecule has 1 heterocycles. The van der Waals surface area contributed by atoms with Gasteiger partial charge in [-0.15, -0.1) is 24.0 Å². The predicted molar refractivity (Wildman–Crippen MR) is 128 cm³/mol. The fraction of sp³-hybridized carbons (Fsp3) is 0.350. The fourth-order valence-corrected chi connectivity index (χ4v) is 3.37. The van der Waals surface area contributed by atoms with Gasteiger partial charge in [-0.25, -0.2) is 0 Å². The number of nitrogens with one attached hydrogen (secondary N) is 2. The monoisotopic (exact) mass is 534 g/mol. The summed E-state index contributed by atoms with van der Waals surface area (Å²) in [5.41, 5.74) is 3.40. The zero-order valence-electron chi connectivity index (χ0n) is 15.8. The average molecular weight is 535 g/mol. The predicted octanol–water partition coefficient (Wildman–Crippen LogP) is 4.31. The number of nitrogens with zero attached hydrogens (tertiary/aromatic N) is 2. The Labute approximate surface area is 193 Å². The van der Waals surface area contributed by atoms with Gasteiger partial charge in [0, 0.05) is 49.0 Å². The minimum absolute atomic E-state index is 0. The lowest BCUT2D eigenvalue weighted by Gasteiger charge is -2.28. The summed E-state index contributed by atoms with van der Waals surface area (Å²) in [6.45, 7) is 4.75. The lowest BCUT2D eigenvalue weighted by molar-refractivity contribution is 0.122. The number of morpholine rings is 1. The van der Waals surface area contributed by atoms with Gasteiger partial charge in [0.2, 0.25) is 0 Å². The Hall–Kier alpha value is -1.22. The molecule has 1 fully saturated rings. The van der Waals surface area contributed by atoms with E-state index in [0.717, 1.165) is 37.8 Å². The summed E-state index contributed by atoms with van der Waals surface area (Å²) in [7, 11) is 1.75. The Balaban J connectivity index is 0.00000280. The molecule has 0 aliphatic carbocycles. The second-order valence-corrected chi connectivity index (χ2v) is 7.12. The summed E-state index contributed by atoms with van der Waals surface area (Å²) < 4.78 is 5.40. The Morgan fingerprint density at radius 2 is 1.71 bits per heavy atom. The Bertz CT molecular complexity index is 780. The van der Waals surface area contributed by atoms with E-state index < -0.39 is 0 Å². The highest BCUT2D eigenvalue weighted by molar-refractivity contribution is 14.0. The van der Waals surface area contributed by atoms with Crippen molar-refractivity contribution in [2.45, 2.75) is 13.1 Å². The van der Waals surface area contributed by atoms with Crippen LogP contribution in [0, 0.1) is 0 Å². The average Bonchev–Trinajstić information content (AvgIpc) is 2.70. The number of benzene rings is 2. The van der Waals surface area contributed by atoms with Crippen molar-refractivity contribution in [1.29, 1.82) is 0 Å². The minimum Gasteiger partial charge on any atom is -0.378 e. The summed E-state index contributed by atoms with van der Waals surface area (Å²) >= 11 is 12.1. The van der Waals surface area contributed by atoms with Gasteiger partial charge in [0.05, 0.1) is 13.2 Å². The van der Waals surface area contributed by atoms with E-state index in [-0.39, 0.29) is 24.0 Å². The smallest absolute Gasteiger partial charge is 0.191 e. The highest BCUT2D eigenvalue weighted by atomic mass is 127. The molecule has 0 unspecified atom stereocenters. The van der Waals surface area contributed by atoms with Gasteiger partial charge in [-0.2, -0.15) is 0 Å². The topological polar surface area (TPSA) is 48.9 Å². The van der Waals surface area contributed by atoms with E-state index in [0.29, 0.717) is 23.1 Å². The van der Waals surface area contributed by atoms with E-state index in [1.165, 1.54) is 11.3 Å². The van der Waals surface area contributed by atoms with Crippen LogP contribution in [-0.2, 0) is 17.8 Å². The van der Waals surface area contributed by atoms with Gasteiger partial charge in [0.15, 0.2) is 5.96 Å². The van der Waals surface area contributed by atoms with Crippen LogP contribution in [0.25, 0.3) is 0 Å². The number of anilines is 1. The van der Waals surface area contributed by atoms with Crippen LogP contribution in [0.2, 0.25) is 10.0 Å². The maximum absolute atomic E-state index is 6.21. The Morgan fingerprint density at radius 3 is 2.36 bits per heavy atom. The molecule has 28 heavy (non-hydrogen) atoms. The fourth-order valence-electron chi connectivity index (χ4n) is 2.90. The van der Waals surface area contributed by atoms with Crippen LogP contribution >= 0.6 is 47.2 Å². The second-order valence-electron chi connectivity index (χ2n) is 6.28. The van der Waals surface area contributed by atoms with Crippen LogP contribution in [0.5, 0.6) is 0 Å². The summed E-state index contributed by atoms with van der Waals surface area (Å²) in [5.74, 6) is 0.721. The molecule has 2 N–H and O–H groups in total. The van der Waals surface area contributed by atoms with Crippen LogP contribution in [-0.4, -0.2) is 39.3 Å². The molecule has 0 atom stereocenters. The lowest BCUT2D eigenvalue weighted by Crippen LogP contribution is -2.36. The van der Waals surface area contributed by atoms with E-state index in [1.807, 2.05) is 12.1 Å². The molecule has 0 spiro atoms. The number of hydrogen-bond acceptors (Lipinski definition) is 3. The van der Waals surface area contributed by atoms with E-state index in [2.05, 4.69) is 44.8 Å². The van der Waals surface area contributed by atoms with E-state index >= 15 is 0 Å². The summed E-state index contributed by atoms with van der Waals surface area (Å²) in [5, 5.41) is 7.86. The van der Waals surface area contributed by atoms with Gasteiger partial charge >= 0.3 is 0 Å². The Morgan fingerprint density at radius 1 is 1.04 bits per heavy atom. The number of halogens is 3. The molecular weight excluding hydrogens is 510 g/mol. The first-order valence-electron chi connectivity index (χ1n) is 8.96. The van der Waals surface area contributed by atoms with Gasteiger partial charge in [-0.05, 0) is 35.4 Å². The Kier molecular flexibility index (Phi) is 9.64. The quantitative estimate of drug-likeness (QED) is 0.341. The SMILES string of the molecule is CN=C(NCc1ccc(N2CCOCC2)cc1)NCc1ccc(Cl)cc1Cl.I. The first-order chi connectivity index (χ1) is 13.2. The molecule has 0 bridgehead atoms. The molecule has 0 aromatic heterocycles. The van der Waals surface area contributed by atoms with Crippen molar-refractivity contribution in [3.05, 3.63) is 63.6 Å². The zero-order chi connectivity index (χ0) is 19.1. The van der Waals surface area contributed by atoms with Crippen molar-refractivity contribution in [2.24, 2.45) is 4.99 Å². The molecule has 2 aromatic carbocycles. The molecular formula is C20H25Cl2IN4O. The van der Waals surface area contributed by atoms with E-state index in [4.69, 9.17) is 27.9 Å². The van der Waals surface area contributed by atoms with Crippen LogP contribution in [0.3, 0.4) is 0 Å². The maximum Gasteiger partial charge on any atom is 0.191 e. The summed E-state index contributed by atoms with van der Waals surface area (Å²) in [6, 6.07) is 14.1. The van der Waals surface area contributed by atoms with Gasteiger partial charge in [0.1, 0.15) is 0 Å². The third-order valence-corrected chi connectivity index (χ3v) is 5.04. The molecule has 8 heteroatoms. The van der Waals surface area contributed by atoms with Gasteiger partial charge in [0.25, 0.3) is 0 Å². The first-order valence-corrected chi connectivity index (χ1v) is 9.71. The largest absolute Gasteiger partial charge is 0.378 e. The number of aliphatic imine (C=N–C) groups is 1. The molecule has 0 radical (unpaired) electrons. The maximum atomic E-state index is 6.21. The van der Waals surface area contributed by atoms with Crippen molar-refractivity contribution in [3.8, 4) is 0 Å². The van der Waals surface area contributed by atoms with Gasteiger partial charge < -0.3 is 20.3 Å². The van der Waals surface area contributed by atoms with Crippen molar-refractivity contribution >= 4 is 58.8 Å². The third kappa shape index (κ3) is 6.69. The van der Waals surface area contributed by atoms with E-state index in [1.54, 1.807) is 13.1 Å². The molecule has 3 rings (SSSR count). The molecule has 1 aliphatic heterocycles. The van der Waals surface area contributed by atoms with Crippen molar-refractivity contribution in [3.63, 3.8) is 0 Å². The van der Waals surface area contributed by atoms with Crippen LogP contribution in [0.4, 0.5) is 5.69 Å².